The summed E-state index contributed by atoms with van der Waals surface area (Å²) in [5, 5.41) is 16.3. The van der Waals surface area contributed by atoms with E-state index < -0.39 is 11.4 Å². The van der Waals surface area contributed by atoms with Crippen molar-refractivity contribution >= 4 is 63.0 Å². The van der Waals surface area contributed by atoms with Crippen LogP contribution in [-0.4, -0.2) is 40.8 Å². The van der Waals surface area contributed by atoms with E-state index in [9.17, 15) is 14.4 Å². The van der Waals surface area contributed by atoms with Crippen molar-refractivity contribution in [3.05, 3.63) is 52.2 Å². The van der Waals surface area contributed by atoms with Crippen molar-refractivity contribution in [1.29, 1.82) is 0 Å². The van der Waals surface area contributed by atoms with Crippen LogP contribution < -0.4 is 10.6 Å². The fraction of sp³-hybridized carbons (Fsp3) is 0.318. The summed E-state index contributed by atoms with van der Waals surface area (Å²) in [6.07, 6.45) is 3.73. The van der Waals surface area contributed by atoms with Gasteiger partial charge in [0.1, 0.15) is 0 Å². The minimum atomic E-state index is -0.490. The lowest BCUT2D eigenvalue weighted by Crippen LogP contribution is -2.37. The van der Waals surface area contributed by atoms with Crippen molar-refractivity contribution < 1.29 is 19.1 Å². The number of hydrogen-bond acceptors (Lipinski definition) is 9. The highest BCUT2D eigenvalue weighted by atomic mass is 32.2. The number of thioether (sulfide) groups is 1. The van der Waals surface area contributed by atoms with Crippen LogP contribution in [0, 0.1) is 0 Å². The average Bonchev–Trinajstić information content (AvgIpc) is 3.60. The number of benzene rings is 1. The largest absolute Gasteiger partial charge is 0.465 e. The van der Waals surface area contributed by atoms with Gasteiger partial charge in [-0.15, -0.1) is 21.5 Å². The normalized spacial score (nSPS) is 14.6. The van der Waals surface area contributed by atoms with E-state index in [2.05, 4.69) is 25.6 Å². The van der Waals surface area contributed by atoms with Gasteiger partial charge in [-0.2, -0.15) is 0 Å². The number of rotatable bonds is 8. The summed E-state index contributed by atoms with van der Waals surface area (Å²) in [6, 6.07) is 10.5. The molecule has 2 amide bonds. The highest BCUT2D eigenvalue weighted by molar-refractivity contribution is 8.01. The van der Waals surface area contributed by atoms with Gasteiger partial charge in [-0.1, -0.05) is 42.0 Å². The molecule has 0 radical (unpaired) electrons. The van der Waals surface area contributed by atoms with Gasteiger partial charge in [0.2, 0.25) is 16.9 Å². The number of ether oxygens (including phenoxy) is 1. The van der Waals surface area contributed by atoms with Crippen LogP contribution in [0.25, 0.3) is 0 Å². The van der Waals surface area contributed by atoms with Crippen molar-refractivity contribution in [2.45, 2.75) is 35.4 Å². The number of amides is 2. The van der Waals surface area contributed by atoms with Gasteiger partial charge in [0, 0.05) is 10.6 Å². The number of methoxy groups -OCH3 is 1. The van der Waals surface area contributed by atoms with Gasteiger partial charge >= 0.3 is 5.97 Å². The van der Waals surface area contributed by atoms with Crippen LogP contribution in [-0.2, 0) is 19.7 Å². The number of anilines is 2. The Balaban J connectivity index is 1.30. The Morgan fingerprint density at radius 1 is 1.09 bits per heavy atom. The average molecular weight is 503 g/mol. The molecule has 0 unspecified atom stereocenters. The zero-order valence-corrected chi connectivity index (χ0v) is 20.3. The number of nitrogens with zero attached hydrogens (tertiary/aromatic N) is 2. The first-order valence-corrected chi connectivity index (χ1v) is 13.0. The molecule has 1 aromatic carbocycles. The predicted octanol–water partition coefficient (Wildman–Crippen LogP) is 4.57. The molecule has 0 saturated heterocycles. The molecule has 2 N–H and O–H groups in total. The molecule has 0 aliphatic heterocycles. The van der Waals surface area contributed by atoms with E-state index in [1.807, 2.05) is 17.5 Å². The summed E-state index contributed by atoms with van der Waals surface area (Å²) in [5.41, 5.74) is 0.497. The monoisotopic (exact) mass is 502 g/mol. The molecule has 11 heteroatoms. The lowest BCUT2D eigenvalue weighted by molar-refractivity contribution is -0.121. The van der Waals surface area contributed by atoms with Crippen molar-refractivity contribution in [2.75, 3.05) is 23.5 Å². The molecular formula is C22H22N4O4S3. The van der Waals surface area contributed by atoms with Crippen molar-refractivity contribution in [2.24, 2.45) is 0 Å². The first-order valence-electron chi connectivity index (χ1n) is 10.3. The van der Waals surface area contributed by atoms with Crippen LogP contribution in [0.1, 0.15) is 40.9 Å². The Kier molecular flexibility index (Phi) is 7.41. The molecule has 172 valence electrons. The van der Waals surface area contributed by atoms with Gasteiger partial charge in [-0.3, -0.25) is 14.9 Å². The Bertz CT molecular complexity index is 1120. The SMILES string of the molecule is COC(=O)c1ccc(NC(=O)CSc2nnc(NC(=O)C3(c4cccs4)CCCC3)s2)cc1. The summed E-state index contributed by atoms with van der Waals surface area (Å²) in [7, 11) is 1.32. The lowest BCUT2D eigenvalue weighted by atomic mass is 9.83. The van der Waals surface area contributed by atoms with Gasteiger partial charge < -0.3 is 10.1 Å². The third kappa shape index (κ3) is 5.43. The molecule has 0 atom stereocenters. The quantitative estimate of drug-likeness (QED) is 0.264. The van der Waals surface area contributed by atoms with Crippen LogP contribution in [0.5, 0.6) is 0 Å². The molecule has 8 nitrogen and oxygen atoms in total. The highest BCUT2D eigenvalue weighted by Crippen LogP contribution is 2.44. The molecule has 1 aliphatic carbocycles. The summed E-state index contributed by atoms with van der Waals surface area (Å²) in [5.74, 6) is -0.546. The molecule has 33 heavy (non-hydrogen) atoms. The number of aromatic nitrogens is 2. The molecule has 4 rings (SSSR count). The number of hydrogen-bond donors (Lipinski definition) is 2. The number of thiophene rings is 1. The van der Waals surface area contributed by atoms with Gasteiger partial charge in [0.15, 0.2) is 4.34 Å². The molecule has 1 aliphatic rings. The van der Waals surface area contributed by atoms with Crippen LogP contribution >= 0.6 is 34.4 Å². The molecular weight excluding hydrogens is 480 g/mol. The Labute approximate surface area is 203 Å². The third-order valence-electron chi connectivity index (χ3n) is 5.43. The predicted molar refractivity (Wildman–Crippen MR) is 130 cm³/mol. The number of carbonyl (C=O) groups excluding carboxylic acids is 3. The Morgan fingerprint density at radius 3 is 2.52 bits per heavy atom. The van der Waals surface area contributed by atoms with Crippen molar-refractivity contribution in [1.82, 2.24) is 10.2 Å². The minimum absolute atomic E-state index is 0.0386. The summed E-state index contributed by atoms with van der Waals surface area (Å²) in [6.45, 7) is 0. The standard InChI is InChI=1S/C22H22N4O4S3/c1-30-18(28)14-6-8-15(9-7-14)23-17(27)13-32-21-26-25-20(33-21)24-19(29)22(10-2-3-11-22)16-5-4-12-31-16/h4-9,12H,2-3,10-11,13H2,1H3,(H,23,27)(H,24,25,29). The zero-order valence-electron chi connectivity index (χ0n) is 17.8. The summed E-state index contributed by atoms with van der Waals surface area (Å²) >= 11 is 4.11. The van der Waals surface area contributed by atoms with Gasteiger partial charge in [0.25, 0.3) is 0 Å². The fourth-order valence-corrected chi connectivity index (χ4v) is 6.31. The third-order valence-corrected chi connectivity index (χ3v) is 8.47. The molecule has 1 saturated carbocycles. The van der Waals surface area contributed by atoms with E-state index in [0.717, 1.165) is 30.6 Å². The van der Waals surface area contributed by atoms with Crippen LogP contribution in [0.15, 0.2) is 46.1 Å². The molecule has 3 aromatic rings. The second-order valence-corrected chi connectivity index (χ2v) is 10.6. The summed E-state index contributed by atoms with van der Waals surface area (Å²) < 4.78 is 5.25. The topological polar surface area (TPSA) is 110 Å². The van der Waals surface area contributed by atoms with E-state index >= 15 is 0 Å². The maximum Gasteiger partial charge on any atom is 0.337 e. The molecule has 2 heterocycles. The van der Waals surface area contributed by atoms with E-state index in [0.29, 0.717) is 20.7 Å². The second kappa shape index (κ2) is 10.4. The van der Waals surface area contributed by atoms with E-state index in [-0.39, 0.29) is 17.6 Å². The van der Waals surface area contributed by atoms with Crippen molar-refractivity contribution in [3.63, 3.8) is 0 Å². The van der Waals surface area contributed by atoms with Crippen LogP contribution in [0.3, 0.4) is 0 Å². The number of esters is 1. The van der Waals surface area contributed by atoms with Crippen LogP contribution in [0.2, 0.25) is 0 Å². The maximum absolute atomic E-state index is 13.1. The first-order chi connectivity index (χ1) is 16.0. The van der Waals surface area contributed by atoms with Crippen LogP contribution in [0.4, 0.5) is 10.8 Å². The van der Waals surface area contributed by atoms with E-state index in [1.165, 1.54) is 30.2 Å². The molecule has 1 fully saturated rings. The Hall–Kier alpha value is -2.76. The maximum atomic E-state index is 13.1. The highest BCUT2D eigenvalue weighted by Gasteiger charge is 2.43. The molecule has 2 aromatic heterocycles. The molecule has 0 bridgehead atoms. The molecule has 0 spiro atoms. The van der Waals surface area contributed by atoms with Gasteiger partial charge in [-0.05, 0) is 48.6 Å². The van der Waals surface area contributed by atoms with Crippen molar-refractivity contribution in [3.8, 4) is 0 Å². The van der Waals surface area contributed by atoms with E-state index in [1.54, 1.807) is 35.6 Å². The smallest absolute Gasteiger partial charge is 0.337 e. The van der Waals surface area contributed by atoms with Gasteiger partial charge in [-0.25, -0.2) is 4.79 Å². The number of nitrogens with one attached hydrogen (secondary N) is 2. The summed E-state index contributed by atoms with van der Waals surface area (Å²) in [4.78, 5) is 38.0. The number of carbonyl (C=O) groups is 3. The second-order valence-electron chi connectivity index (χ2n) is 7.50. The zero-order chi connectivity index (χ0) is 23.3. The Morgan fingerprint density at radius 2 is 1.85 bits per heavy atom. The van der Waals surface area contributed by atoms with E-state index in [4.69, 9.17) is 0 Å². The lowest BCUT2D eigenvalue weighted by Gasteiger charge is -2.25. The van der Waals surface area contributed by atoms with Gasteiger partial charge in [0.05, 0.1) is 23.8 Å². The minimum Gasteiger partial charge on any atom is -0.465 e. The fourth-order valence-electron chi connectivity index (χ4n) is 3.78. The first kappa shape index (κ1) is 23.4.